The molecule has 19 heavy (non-hydrogen) atoms. The Kier molecular flexibility index (Phi) is 4.55. The first-order chi connectivity index (χ1) is 9.43. The maximum Gasteiger partial charge on any atom is 0.0348 e. The lowest BCUT2D eigenvalue weighted by molar-refractivity contribution is 0.233. The zero-order valence-electron chi connectivity index (χ0n) is 12.0. The van der Waals surface area contributed by atoms with Gasteiger partial charge in [-0.3, -0.25) is 0 Å². The van der Waals surface area contributed by atoms with Gasteiger partial charge in [-0.2, -0.15) is 0 Å². The van der Waals surface area contributed by atoms with E-state index in [4.69, 9.17) is 0 Å². The third-order valence-corrected chi connectivity index (χ3v) is 5.13. The van der Waals surface area contributed by atoms with Crippen LogP contribution < -0.4 is 5.32 Å². The number of hydrogen-bond donors (Lipinski definition) is 1. The Morgan fingerprint density at radius 1 is 0.895 bits per heavy atom. The highest BCUT2D eigenvalue weighted by atomic mass is 14.9. The van der Waals surface area contributed by atoms with Gasteiger partial charge in [0.1, 0.15) is 0 Å². The van der Waals surface area contributed by atoms with Crippen LogP contribution in [0.15, 0.2) is 30.3 Å². The van der Waals surface area contributed by atoms with Crippen molar-refractivity contribution in [3.05, 3.63) is 35.9 Å². The molecule has 0 amide bonds. The molecule has 2 aliphatic carbocycles. The summed E-state index contributed by atoms with van der Waals surface area (Å²) in [6.07, 6.45) is 11.5. The second-order valence-electron chi connectivity index (χ2n) is 6.49. The lowest BCUT2D eigenvalue weighted by Gasteiger charge is -2.34. The smallest absolute Gasteiger partial charge is 0.0348 e. The maximum atomic E-state index is 3.91. The molecular formula is C18H27N. The molecule has 0 aliphatic heterocycles. The molecule has 1 aromatic rings. The molecule has 2 saturated carbocycles. The molecule has 0 spiro atoms. The van der Waals surface area contributed by atoms with Crippen LogP contribution in [0.2, 0.25) is 0 Å². The Bertz CT molecular complexity index is 363. The van der Waals surface area contributed by atoms with Gasteiger partial charge >= 0.3 is 0 Å². The molecule has 1 nitrogen and oxygen atoms in total. The molecule has 0 saturated heterocycles. The molecule has 1 atom stereocenters. The second-order valence-corrected chi connectivity index (χ2v) is 6.49. The van der Waals surface area contributed by atoms with Gasteiger partial charge in [-0.1, -0.05) is 56.0 Å². The number of hydrogen-bond acceptors (Lipinski definition) is 1. The van der Waals surface area contributed by atoms with Gasteiger partial charge in [-0.25, -0.2) is 0 Å². The van der Waals surface area contributed by atoms with Crippen LogP contribution in [-0.4, -0.2) is 6.54 Å². The normalized spacial score (nSPS) is 22.9. The van der Waals surface area contributed by atoms with Crippen LogP contribution in [0.4, 0.5) is 0 Å². The fourth-order valence-electron chi connectivity index (χ4n) is 3.68. The van der Waals surface area contributed by atoms with Crippen LogP contribution in [0.3, 0.4) is 0 Å². The second kappa shape index (κ2) is 6.56. The summed E-state index contributed by atoms with van der Waals surface area (Å²) in [5, 5.41) is 3.91. The lowest BCUT2D eigenvalue weighted by atomic mass is 9.80. The maximum absolute atomic E-state index is 3.91. The van der Waals surface area contributed by atoms with E-state index in [0.29, 0.717) is 6.04 Å². The molecule has 104 valence electrons. The highest BCUT2D eigenvalue weighted by Crippen LogP contribution is 2.35. The zero-order chi connectivity index (χ0) is 12.9. The average molecular weight is 257 g/mol. The van der Waals surface area contributed by atoms with Crippen molar-refractivity contribution in [2.75, 3.05) is 6.54 Å². The van der Waals surface area contributed by atoms with E-state index >= 15 is 0 Å². The topological polar surface area (TPSA) is 12.0 Å². The lowest BCUT2D eigenvalue weighted by Crippen LogP contribution is -2.35. The molecule has 3 rings (SSSR count). The summed E-state index contributed by atoms with van der Waals surface area (Å²) in [6.45, 7) is 1.23. The van der Waals surface area contributed by atoms with E-state index < -0.39 is 0 Å². The minimum absolute atomic E-state index is 0.599. The van der Waals surface area contributed by atoms with Crippen LogP contribution in [0.5, 0.6) is 0 Å². The Hall–Kier alpha value is -0.820. The molecule has 0 aromatic heterocycles. The van der Waals surface area contributed by atoms with Gasteiger partial charge in [0, 0.05) is 6.04 Å². The fourth-order valence-corrected chi connectivity index (χ4v) is 3.68. The number of benzene rings is 1. The molecule has 1 aromatic carbocycles. The quantitative estimate of drug-likeness (QED) is 0.806. The van der Waals surface area contributed by atoms with Gasteiger partial charge < -0.3 is 5.32 Å². The fraction of sp³-hybridized carbons (Fsp3) is 0.667. The van der Waals surface area contributed by atoms with E-state index in [1.54, 1.807) is 0 Å². The molecule has 0 bridgehead atoms. The van der Waals surface area contributed by atoms with Crippen LogP contribution in [0.1, 0.15) is 63.0 Å². The standard InChI is InChI=1S/C18H27N/c1-3-10-16(11-4-1)18(17-12-5-2-6-13-17)19-14-15-8-7-9-15/h1,3-4,10-11,15,17-19H,2,5-9,12-14H2. The Morgan fingerprint density at radius 2 is 1.63 bits per heavy atom. The third-order valence-electron chi connectivity index (χ3n) is 5.13. The minimum Gasteiger partial charge on any atom is -0.309 e. The van der Waals surface area contributed by atoms with E-state index in [1.807, 2.05) is 0 Å². The van der Waals surface area contributed by atoms with Crippen molar-refractivity contribution in [3.63, 3.8) is 0 Å². The summed E-state index contributed by atoms with van der Waals surface area (Å²) in [7, 11) is 0. The molecule has 1 unspecified atom stereocenters. The summed E-state index contributed by atoms with van der Waals surface area (Å²) in [5.41, 5.74) is 1.51. The average Bonchev–Trinajstić information content (AvgIpc) is 2.43. The van der Waals surface area contributed by atoms with Gasteiger partial charge in [-0.05, 0) is 49.6 Å². The Balaban J connectivity index is 1.66. The van der Waals surface area contributed by atoms with Gasteiger partial charge in [0.15, 0.2) is 0 Å². The van der Waals surface area contributed by atoms with Crippen molar-refractivity contribution in [2.45, 2.75) is 57.4 Å². The largest absolute Gasteiger partial charge is 0.309 e. The molecule has 1 heteroatoms. The Morgan fingerprint density at radius 3 is 2.26 bits per heavy atom. The first-order valence-corrected chi connectivity index (χ1v) is 8.22. The minimum atomic E-state index is 0.599. The highest BCUT2D eigenvalue weighted by molar-refractivity contribution is 5.20. The molecule has 2 aliphatic rings. The molecular weight excluding hydrogens is 230 g/mol. The first kappa shape index (κ1) is 13.2. The summed E-state index contributed by atoms with van der Waals surface area (Å²) in [5.74, 6) is 1.81. The molecule has 0 radical (unpaired) electrons. The van der Waals surface area contributed by atoms with E-state index in [9.17, 15) is 0 Å². The third kappa shape index (κ3) is 3.39. The van der Waals surface area contributed by atoms with Crippen molar-refractivity contribution in [1.82, 2.24) is 5.32 Å². The highest BCUT2D eigenvalue weighted by Gasteiger charge is 2.26. The van der Waals surface area contributed by atoms with E-state index in [1.165, 1.54) is 63.5 Å². The van der Waals surface area contributed by atoms with Crippen molar-refractivity contribution < 1.29 is 0 Å². The molecule has 2 fully saturated rings. The van der Waals surface area contributed by atoms with Crippen LogP contribution in [0, 0.1) is 11.8 Å². The number of nitrogens with one attached hydrogen (secondary N) is 1. The van der Waals surface area contributed by atoms with Gasteiger partial charge in [0.05, 0.1) is 0 Å². The van der Waals surface area contributed by atoms with Gasteiger partial charge in [-0.15, -0.1) is 0 Å². The van der Waals surface area contributed by atoms with Crippen molar-refractivity contribution in [3.8, 4) is 0 Å². The monoisotopic (exact) mass is 257 g/mol. The van der Waals surface area contributed by atoms with Crippen LogP contribution in [0.25, 0.3) is 0 Å². The van der Waals surface area contributed by atoms with Crippen LogP contribution >= 0.6 is 0 Å². The van der Waals surface area contributed by atoms with Gasteiger partial charge in [0.2, 0.25) is 0 Å². The predicted molar refractivity (Wildman–Crippen MR) is 81.1 cm³/mol. The Labute approximate surface area is 117 Å². The predicted octanol–water partition coefficient (Wildman–Crippen LogP) is 4.70. The van der Waals surface area contributed by atoms with Crippen molar-refractivity contribution in [1.29, 1.82) is 0 Å². The summed E-state index contributed by atoms with van der Waals surface area (Å²) in [6, 6.07) is 11.7. The molecule has 0 heterocycles. The SMILES string of the molecule is c1ccc(C(NCC2CCC2)C2CCCCC2)cc1. The summed E-state index contributed by atoms with van der Waals surface area (Å²) in [4.78, 5) is 0. The van der Waals surface area contributed by atoms with Crippen molar-refractivity contribution in [2.24, 2.45) is 11.8 Å². The summed E-state index contributed by atoms with van der Waals surface area (Å²) >= 11 is 0. The van der Waals surface area contributed by atoms with Gasteiger partial charge in [0.25, 0.3) is 0 Å². The van der Waals surface area contributed by atoms with E-state index in [-0.39, 0.29) is 0 Å². The number of rotatable bonds is 5. The van der Waals surface area contributed by atoms with E-state index in [0.717, 1.165) is 11.8 Å². The van der Waals surface area contributed by atoms with E-state index in [2.05, 4.69) is 35.6 Å². The van der Waals surface area contributed by atoms with Crippen molar-refractivity contribution >= 4 is 0 Å². The summed E-state index contributed by atoms with van der Waals surface area (Å²) < 4.78 is 0. The van der Waals surface area contributed by atoms with Crippen LogP contribution in [-0.2, 0) is 0 Å². The zero-order valence-corrected chi connectivity index (χ0v) is 12.0. The first-order valence-electron chi connectivity index (χ1n) is 8.22. The molecule has 1 N–H and O–H groups in total.